The number of anilines is 1. The summed E-state index contributed by atoms with van der Waals surface area (Å²) in [7, 11) is -3.66. The summed E-state index contributed by atoms with van der Waals surface area (Å²) < 4.78 is 26.9. The summed E-state index contributed by atoms with van der Waals surface area (Å²) in [6.45, 7) is 1.37. The molecule has 0 unspecified atom stereocenters. The molecule has 0 aliphatic rings. The Balaban J connectivity index is 0.000000209. The molecule has 5 N–H and O–H groups in total. The van der Waals surface area contributed by atoms with Crippen molar-refractivity contribution >= 4 is 27.0 Å². The summed E-state index contributed by atoms with van der Waals surface area (Å²) in [5.74, 6) is 0.138. The minimum absolute atomic E-state index is 0.201. The zero-order valence-corrected chi connectivity index (χ0v) is 9.78. The number of rotatable bonds is 1. The molecule has 17 heavy (non-hydrogen) atoms. The minimum Gasteiger partial charge on any atom is -0.385 e. The van der Waals surface area contributed by atoms with Gasteiger partial charge in [-0.25, -0.2) is 4.98 Å². The summed E-state index contributed by atoms with van der Waals surface area (Å²) in [6.07, 6.45) is 1.46. The Kier molecular flexibility index (Phi) is 3.86. The number of imidazole rings is 1. The molecule has 94 valence electrons. The van der Waals surface area contributed by atoms with Gasteiger partial charge in [0.25, 0.3) is 15.7 Å². The average Bonchev–Trinajstić information content (AvgIpc) is 2.65. The van der Waals surface area contributed by atoms with E-state index >= 15 is 0 Å². The number of nitrogens with two attached hydrogens (primary N) is 1. The van der Waals surface area contributed by atoms with Gasteiger partial charge in [0.15, 0.2) is 5.52 Å². The van der Waals surface area contributed by atoms with Crippen LogP contribution in [-0.2, 0) is 10.1 Å². The highest BCUT2D eigenvalue weighted by atomic mass is 32.2. The lowest BCUT2D eigenvalue weighted by atomic mass is 10.4. The summed E-state index contributed by atoms with van der Waals surface area (Å²) in [5, 5.41) is 0. The van der Waals surface area contributed by atoms with Gasteiger partial charge in [-0.1, -0.05) is 0 Å². The molecule has 2 rings (SSSR count). The topological polar surface area (TPSA) is 142 Å². The summed E-state index contributed by atoms with van der Waals surface area (Å²) in [4.78, 5) is 20.1. The molecule has 8 nitrogen and oxygen atoms in total. The Morgan fingerprint density at radius 2 is 2.12 bits per heavy atom. The first-order chi connectivity index (χ1) is 7.83. The highest BCUT2D eigenvalue weighted by molar-refractivity contribution is 7.85. The molecule has 2 aromatic rings. The quantitative estimate of drug-likeness (QED) is 0.520. The van der Waals surface area contributed by atoms with Gasteiger partial charge in [0.1, 0.15) is 5.82 Å². The minimum atomic E-state index is -3.66. The Morgan fingerprint density at radius 1 is 1.53 bits per heavy atom. The van der Waals surface area contributed by atoms with E-state index in [9.17, 15) is 13.2 Å². The van der Waals surface area contributed by atoms with Crippen molar-refractivity contribution in [1.82, 2.24) is 15.0 Å². The molecule has 0 radical (unpaired) electrons. The van der Waals surface area contributed by atoms with Gasteiger partial charge >= 0.3 is 0 Å². The molecule has 0 saturated heterocycles. The maximum Gasteiger partial charge on any atom is 0.277 e. The van der Waals surface area contributed by atoms with Crippen LogP contribution in [0.3, 0.4) is 0 Å². The molecule has 0 atom stereocenters. The van der Waals surface area contributed by atoms with E-state index in [1.165, 1.54) is 13.3 Å². The first-order valence-corrected chi connectivity index (χ1v) is 6.21. The van der Waals surface area contributed by atoms with Crippen LogP contribution in [0.25, 0.3) is 11.0 Å². The van der Waals surface area contributed by atoms with Gasteiger partial charge in [-0.3, -0.25) is 9.35 Å². The number of H-pyrrole nitrogens is 2. The molecular formula is C8H12N4O4S. The fourth-order valence-corrected chi connectivity index (χ4v) is 0.977. The summed E-state index contributed by atoms with van der Waals surface area (Å²) >= 11 is 0. The monoisotopic (exact) mass is 260 g/mol. The number of nitrogens with one attached hydrogen (secondary N) is 2. The van der Waals surface area contributed by atoms with Crippen molar-refractivity contribution in [2.45, 2.75) is 6.92 Å². The molecule has 0 aliphatic heterocycles. The van der Waals surface area contributed by atoms with E-state index in [0.29, 0.717) is 16.9 Å². The van der Waals surface area contributed by atoms with Gasteiger partial charge in [0, 0.05) is 6.07 Å². The second-order valence-corrected chi connectivity index (χ2v) is 4.83. The summed E-state index contributed by atoms with van der Waals surface area (Å²) in [5.41, 5.74) is 6.16. The van der Waals surface area contributed by atoms with Gasteiger partial charge in [0.05, 0.1) is 17.6 Å². The van der Waals surface area contributed by atoms with Crippen molar-refractivity contribution in [3.05, 3.63) is 22.7 Å². The smallest absolute Gasteiger partial charge is 0.277 e. The zero-order chi connectivity index (χ0) is 13.1. The standard InChI is InChI=1S/C6H6N4O.C2H6O3S/c7-4-1-3-5(6(11)10-4)9-2-8-3;1-2-6(3,4)5/h1-2H,(H,8,9)(H3,7,10,11);2H2,1H3,(H,3,4,5). The van der Waals surface area contributed by atoms with E-state index in [1.807, 2.05) is 0 Å². The van der Waals surface area contributed by atoms with Crippen molar-refractivity contribution in [3.8, 4) is 0 Å². The molecule has 0 aromatic carbocycles. The third kappa shape index (κ3) is 3.89. The molecular weight excluding hydrogens is 248 g/mol. The Labute approximate surface area is 96.6 Å². The van der Waals surface area contributed by atoms with E-state index < -0.39 is 10.1 Å². The van der Waals surface area contributed by atoms with Crippen molar-refractivity contribution in [2.75, 3.05) is 11.5 Å². The highest BCUT2D eigenvalue weighted by Crippen LogP contribution is 2.04. The van der Waals surface area contributed by atoms with Crippen LogP contribution in [0.1, 0.15) is 6.92 Å². The van der Waals surface area contributed by atoms with Crippen LogP contribution in [0.15, 0.2) is 17.2 Å². The van der Waals surface area contributed by atoms with Gasteiger partial charge < -0.3 is 15.7 Å². The Bertz CT molecular complexity index is 657. The van der Waals surface area contributed by atoms with Crippen LogP contribution >= 0.6 is 0 Å². The lowest BCUT2D eigenvalue weighted by Gasteiger charge is -1.90. The van der Waals surface area contributed by atoms with Crippen molar-refractivity contribution < 1.29 is 13.0 Å². The van der Waals surface area contributed by atoms with Crippen LogP contribution in [0.5, 0.6) is 0 Å². The zero-order valence-electron chi connectivity index (χ0n) is 8.97. The van der Waals surface area contributed by atoms with E-state index in [-0.39, 0.29) is 11.3 Å². The van der Waals surface area contributed by atoms with Gasteiger partial charge in [-0.2, -0.15) is 8.42 Å². The molecule has 2 aromatic heterocycles. The Hall–Kier alpha value is -1.87. The van der Waals surface area contributed by atoms with Crippen LogP contribution in [-0.4, -0.2) is 33.7 Å². The van der Waals surface area contributed by atoms with Crippen molar-refractivity contribution in [1.29, 1.82) is 0 Å². The highest BCUT2D eigenvalue weighted by Gasteiger charge is 2.00. The third-order valence-corrected chi connectivity index (χ3v) is 2.54. The van der Waals surface area contributed by atoms with E-state index in [4.69, 9.17) is 10.3 Å². The number of hydrogen-bond donors (Lipinski definition) is 4. The predicted molar refractivity (Wildman–Crippen MR) is 63.2 cm³/mol. The molecule has 0 aliphatic carbocycles. The van der Waals surface area contributed by atoms with Crippen molar-refractivity contribution in [3.63, 3.8) is 0 Å². The average molecular weight is 260 g/mol. The molecule has 0 bridgehead atoms. The summed E-state index contributed by atoms with van der Waals surface area (Å²) in [6, 6.07) is 1.63. The predicted octanol–water partition coefficient (Wildman–Crippen LogP) is -0.273. The number of fused-ring (bicyclic) bond motifs is 1. The second-order valence-electron chi connectivity index (χ2n) is 3.09. The fraction of sp³-hybridized carbons (Fsp3) is 0.250. The number of hydrogen-bond acceptors (Lipinski definition) is 5. The van der Waals surface area contributed by atoms with Crippen LogP contribution < -0.4 is 11.3 Å². The van der Waals surface area contributed by atoms with Crippen molar-refractivity contribution in [2.24, 2.45) is 0 Å². The van der Waals surface area contributed by atoms with Gasteiger partial charge in [-0.15, -0.1) is 0 Å². The normalized spacial score (nSPS) is 10.9. The molecule has 0 fully saturated rings. The maximum absolute atomic E-state index is 11.0. The van der Waals surface area contributed by atoms with E-state index in [1.54, 1.807) is 6.07 Å². The Morgan fingerprint density at radius 3 is 2.65 bits per heavy atom. The fourth-order valence-electron chi connectivity index (χ4n) is 0.977. The SMILES string of the molecule is CCS(=O)(=O)O.Nc1cc2[nH]cnc2c(=O)[nH]1. The van der Waals surface area contributed by atoms with E-state index in [0.717, 1.165) is 0 Å². The number of nitrogens with zero attached hydrogens (tertiary/aromatic N) is 1. The second kappa shape index (κ2) is 4.97. The lowest BCUT2D eigenvalue weighted by molar-refractivity contribution is 0.484. The van der Waals surface area contributed by atoms with Crippen LogP contribution in [0, 0.1) is 0 Å². The van der Waals surface area contributed by atoms with Crippen LogP contribution in [0.4, 0.5) is 5.82 Å². The van der Waals surface area contributed by atoms with E-state index in [2.05, 4.69) is 15.0 Å². The third-order valence-electron chi connectivity index (χ3n) is 1.81. The van der Waals surface area contributed by atoms with Crippen LogP contribution in [0.2, 0.25) is 0 Å². The molecule has 0 amide bonds. The maximum atomic E-state index is 11.0. The number of aromatic nitrogens is 3. The first-order valence-electron chi connectivity index (χ1n) is 4.60. The largest absolute Gasteiger partial charge is 0.385 e. The number of pyridine rings is 1. The molecule has 9 heteroatoms. The number of aromatic amines is 2. The molecule has 2 heterocycles. The molecule has 0 spiro atoms. The molecule has 0 saturated carbocycles. The van der Waals surface area contributed by atoms with Gasteiger partial charge in [0.2, 0.25) is 0 Å². The lowest BCUT2D eigenvalue weighted by Crippen LogP contribution is -2.08. The number of nitrogen functional groups attached to an aromatic ring is 1. The first kappa shape index (κ1) is 13.2. The van der Waals surface area contributed by atoms with Gasteiger partial charge in [-0.05, 0) is 6.92 Å².